The summed E-state index contributed by atoms with van der Waals surface area (Å²) in [6.45, 7) is 7.86. The standard InChI is InChI=1S/C35H32BrClN4O4/c1-20(2)26-17-27(22(4)14-31(26)44-5)34-40-30-9-7-6-8-25(30)35(43)41(34)38-18-23-15-28(36)33(29(37)16-23)45-19-32(42)39-24-12-10-21(3)11-13-24/h6-18,20H,19H2,1-5H3,(H,39,42). The van der Waals surface area contributed by atoms with E-state index in [1.54, 1.807) is 31.4 Å². The van der Waals surface area contributed by atoms with Crippen LogP contribution in [0.15, 0.2) is 87.2 Å². The molecule has 0 aliphatic rings. The monoisotopic (exact) mass is 686 g/mol. The highest BCUT2D eigenvalue weighted by Crippen LogP contribution is 2.35. The highest BCUT2D eigenvalue weighted by atomic mass is 79.9. The first-order chi connectivity index (χ1) is 21.5. The number of para-hydroxylation sites is 1. The minimum atomic E-state index is -0.322. The van der Waals surface area contributed by atoms with Gasteiger partial charge in [0, 0.05) is 11.3 Å². The Morgan fingerprint density at radius 3 is 2.51 bits per heavy atom. The van der Waals surface area contributed by atoms with E-state index in [0.29, 0.717) is 38.2 Å². The van der Waals surface area contributed by atoms with Gasteiger partial charge in [0.05, 0.1) is 33.7 Å². The Kier molecular flexibility index (Phi) is 9.70. The fraction of sp³-hybridized carbons (Fsp3) is 0.200. The predicted octanol–water partition coefficient (Wildman–Crippen LogP) is 8.13. The van der Waals surface area contributed by atoms with Crippen molar-refractivity contribution in [1.29, 1.82) is 0 Å². The minimum Gasteiger partial charge on any atom is -0.496 e. The molecule has 5 aromatic rings. The fourth-order valence-corrected chi connectivity index (χ4v) is 5.85. The normalized spacial score (nSPS) is 11.4. The molecule has 1 amide bonds. The number of benzene rings is 4. The summed E-state index contributed by atoms with van der Waals surface area (Å²) in [6, 6.07) is 22.0. The molecule has 1 aromatic heterocycles. The number of halogens is 2. The lowest BCUT2D eigenvalue weighted by atomic mass is 9.96. The largest absolute Gasteiger partial charge is 0.496 e. The number of carbonyl (C=O) groups excluding carboxylic acids is 1. The number of fused-ring (bicyclic) bond motifs is 1. The Bertz CT molecular complexity index is 1960. The second kappa shape index (κ2) is 13.7. The van der Waals surface area contributed by atoms with E-state index in [1.165, 1.54) is 10.9 Å². The van der Waals surface area contributed by atoms with Crippen molar-refractivity contribution in [2.75, 3.05) is 19.0 Å². The lowest BCUT2D eigenvalue weighted by Crippen LogP contribution is -2.21. The van der Waals surface area contributed by atoms with E-state index in [0.717, 1.165) is 28.0 Å². The number of nitrogens with one attached hydrogen (secondary N) is 1. The third-order valence-electron chi connectivity index (χ3n) is 7.22. The topological polar surface area (TPSA) is 94.8 Å². The zero-order chi connectivity index (χ0) is 32.2. The number of hydrogen-bond acceptors (Lipinski definition) is 6. The summed E-state index contributed by atoms with van der Waals surface area (Å²) in [5.74, 6) is 1.35. The van der Waals surface area contributed by atoms with Gasteiger partial charge in [0.1, 0.15) is 5.75 Å². The summed E-state index contributed by atoms with van der Waals surface area (Å²) in [6.07, 6.45) is 1.54. The molecule has 0 atom stereocenters. The van der Waals surface area contributed by atoms with Gasteiger partial charge < -0.3 is 14.8 Å². The highest BCUT2D eigenvalue weighted by molar-refractivity contribution is 9.10. The van der Waals surface area contributed by atoms with Crippen molar-refractivity contribution in [3.63, 3.8) is 0 Å². The lowest BCUT2D eigenvalue weighted by Gasteiger charge is -2.17. The van der Waals surface area contributed by atoms with Gasteiger partial charge in [0.2, 0.25) is 0 Å². The van der Waals surface area contributed by atoms with Gasteiger partial charge in [0.15, 0.2) is 18.2 Å². The number of aromatic nitrogens is 2. The molecule has 0 saturated carbocycles. The summed E-state index contributed by atoms with van der Waals surface area (Å²) in [7, 11) is 1.65. The third kappa shape index (κ3) is 7.10. The smallest absolute Gasteiger partial charge is 0.282 e. The van der Waals surface area contributed by atoms with Crippen LogP contribution in [-0.4, -0.2) is 35.5 Å². The van der Waals surface area contributed by atoms with Crippen molar-refractivity contribution in [2.24, 2.45) is 5.10 Å². The third-order valence-corrected chi connectivity index (χ3v) is 8.09. The highest BCUT2D eigenvalue weighted by Gasteiger charge is 2.19. The first-order valence-electron chi connectivity index (χ1n) is 14.3. The van der Waals surface area contributed by atoms with Crippen LogP contribution in [0.3, 0.4) is 0 Å². The molecule has 230 valence electrons. The van der Waals surface area contributed by atoms with Crippen LogP contribution < -0.4 is 20.3 Å². The zero-order valence-corrected chi connectivity index (χ0v) is 27.9. The summed E-state index contributed by atoms with van der Waals surface area (Å²) in [5.41, 5.74) is 5.29. The molecule has 10 heteroatoms. The van der Waals surface area contributed by atoms with Crippen LogP contribution in [0.4, 0.5) is 5.69 Å². The SMILES string of the molecule is COc1cc(C)c(-c2nc3ccccc3c(=O)n2N=Cc2cc(Cl)c(OCC(=O)Nc3ccc(C)cc3)c(Br)c2)cc1C(C)C. The van der Waals surface area contributed by atoms with E-state index in [2.05, 4.69) is 40.2 Å². The summed E-state index contributed by atoms with van der Waals surface area (Å²) < 4.78 is 13.2. The molecular weight excluding hydrogens is 656 g/mol. The van der Waals surface area contributed by atoms with Gasteiger partial charge >= 0.3 is 0 Å². The van der Waals surface area contributed by atoms with E-state index >= 15 is 0 Å². The molecule has 0 fully saturated rings. The number of amides is 1. The van der Waals surface area contributed by atoms with Gasteiger partial charge in [-0.3, -0.25) is 9.59 Å². The first-order valence-corrected chi connectivity index (χ1v) is 15.5. The molecule has 0 saturated heterocycles. The number of ether oxygens (including phenoxy) is 2. The molecule has 0 aliphatic carbocycles. The Hall–Kier alpha value is -4.47. The maximum atomic E-state index is 13.8. The number of aryl methyl sites for hydroxylation is 2. The van der Waals surface area contributed by atoms with Crippen LogP contribution in [-0.2, 0) is 4.79 Å². The maximum absolute atomic E-state index is 13.8. The number of hydrogen-bond donors (Lipinski definition) is 1. The Morgan fingerprint density at radius 2 is 1.82 bits per heavy atom. The van der Waals surface area contributed by atoms with Crippen LogP contribution in [0.1, 0.15) is 42.0 Å². The van der Waals surface area contributed by atoms with Crippen molar-refractivity contribution >= 4 is 56.2 Å². The van der Waals surface area contributed by atoms with E-state index in [4.69, 9.17) is 26.1 Å². The van der Waals surface area contributed by atoms with Crippen LogP contribution in [0.5, 0.6) is 11.5 Å². The molecule has 8 nitrogen and oxygen atoms in total. The summed E-state index contributed by atoms with van der Waals surface area (Å²) >= 11 is 10.1. The number of carbonyl (C=O) groups is 1. The second-order valence-electron chi connectivity index (χ2n) is 10.9. The lowest BCUT2D eigenvalue weighted by molar-refractivity contribution is -0.118. The van der Waals surface area contributed by atoms with Crippen molar-refractivity contribution in [2.45, 2.75) is 33.6 Å². The van der Waals surface area contributed by atoms with E-state index in [9.17, 15) is 9.59 Å². The molecule has 1 heterocycles. The van der Waals surface area contributed by atoms with E-state index < -0.39 is 0 Å². The molecule has 45 heavy (non-hydrogen) atoms. The molecule has 0 radical (unpaired) electrons. The average Bonchev–Trinajstić information content (AvgIpc) is 3.01. The predicted molar refractivity (Wildman–Crippen MR) is 184 cm³/mol. The van der Waals surface area contributed by atoms with Gasteiger partial charge in [-0.2, -0.15) is 9.78 Å². The van der Waals surface area contributed by atoms with Crippen molar-refractivity contribution in [3.8, 4) is 22.9 Å². The van der Waals surface area contributed by atoms with Gasteiger partial charge in [-0.25, -0.2) is 4.98 Å². The van der Waals surface area contributed by atoms with Crippen LogP contribution >= 0.6 is 27.5 Å². The minimum absolute atomic E-state index is 0.178. The summed E-state index contributed by atoms with van der Waals surface area (Å²) in [4.78, 5) is 31.1. The van der Waals surface area contributed by atoms with Crippen LogP contribution in [0.25, 0.3) is 22.3 Å². The maximum Gasteiger partial charge on any atom is 0.282 e. The second-order valence-corrected chi connectivity index (χ2v) is 12.2. The Labute approximate surface area is 274 Å². The molecule has 1 N–H and O–H groups in total. The summed E-state index contributed by atoms with van der Waals surface area (Å²) in [5, 5.41) is 8.11. The first kappa shape index (κ1) is 31.9. The van der Waals surface area contributed by atoms with Crippen molar-refractivity contribution in [1.82, 2.24) is 9.66 Å². The van der Waals surface area contributed by atoms with Gasteiger partial charge in [-0.05, 0) is 101 Å². The van der Waals surface area contributed by atoms with Crippen LogP contribution in [0.2, 0.25) is 5.02 Å². The number of rotatable bonds is 9. The number of nitrogens with zero attached hydrogens (tertiary/aromatic N) is 3. The van der Waals surface area contributed by atoms with Crippen LogP contribution in [0, 0.1) is 13.8 Å². The Balaban J connectivity index is 1.48. The Morgan fingerprint density at radius 1 is 1.09 bits per heavy atom. The number of anilines is 1. The van der Waals surface area contributed by atoms with Gasteiger partial charge in [-0.15, -0.1) is 0 Å². The number of methoxy groups -OCH3 is 1. The molecule has 0 unspecified atom stereocenters. The van der Waals surface area contributed by atoms with Gasteiger partial charge in [-0.1, -0.05) is 55.3 Å². The molecular formula is C35H32BrClN4O4. The molecule has 0 spiro atoms. The molecule has 5 rings (SSSR count). The molecule has 0 aliphatic heterocycles. The van der Waals surface area contributed by atoms with Crippen molar-refractivity contribution < 1.29 is 14.3 Å². The van der Waals surface area contributed by atoms with E-state index in [-0.39, 0.29) is 29.0 Å². The quantitative estimate of drug-likeness (QED) is 0.158. The fourth-order valence-electron chi connectivity index (χ4n) is 4.86. The zero-order valence-electron chi connectivity index (χ0n) is 25.5. The van der Waals surface area contributed by atoms with E-state index in [1.807, 2.05) is 62.4 Å². The average molecular weight is 688 g/mol. The van der Waals surface area contributed by atoms with Gasteiger partial charge in [0.25, 0.3) is 11.5 Å². The molecule has 4 aromatic carbocycles. The van der Waals surface area contributed by atoms with Crippen molar-refractivity contribution in [3.05, 3.63) is 115 Å². The molecule has 0 bridgehead atoms.